The molecule has 5 atom stereocenters. The van der Waals surface area contributed by atoms with Gasteiger partial charge < -0.3 is 34.7 Å². The van der Waals surface area contributed by atoms with Gasteiger partial charge in [0.1, 0.15) is 12.7 Å². The highest BCUT2D eigenvalue weighted by molar-refractivity contribution is 5.76. The molecule has 1 aliphatic heterocycles. The lowest BCUT2D eigenvalue weighted by Gasteiger charge is -2.44. The van der Waals surface area contributed by atoms with E-state index in [1.165, 1.54) is 6.92 Å². The molecule has 0 aromatic heterocycles. The molecule has 0 spiro atoms. The van der Waals surface area contributed by atoms with Crippen molar-refractivity contribution < 1.29 is 47.7 Å². The Morgan fingerprint density at radius 2 is 1.34 bits per heavy atom. The van der Waals surface area contributed by atoms with Crippen LogP contribution in [-0.2, 0) is 47.7 Å². The first-order valence-corrected chi connectivity index (χ1v) is 10.3. The molecule has 1 rings (SSSR count). The molecule has 32 heavy (non-hydrogen) atoms. The monoisotopic (exact) mass is 460 g/mol. The van der Waals surface area contributed by atoms with Crippen LogP contribution in [0.3, 0.4) is 0 Å². The largest absolute Gasteiger partial charge is 0.463 e. The molecule has 12 nitrogen and oxygen atoms in total. The smallest absolute Gasteiger partial charge is 0.303 e. The number of nitrogens with one attached hydrogen (secondary N) is 1. The summed E-state index contributed by atoms with van der Waals surface area (Å²) in [5, 5.41) is 2.60. The fraction of sp³-hybridized carbons (Fsp3) is 0.750. The van der Waals surface area contributed by atoms with Crippen molar-refractivity contribution in [2.24, 2.45) is 5.73 Å². The first-order chi connectivity index (χ1) is 15.0. The third-order valence-corrected chi connectivity index (χ3v) is 4.40. The zero-order valence-corrected chi connectivity index (χ0v) is 18.8. The van der Waals surface area contributed by atoms with Gasteiger partial charge >= 0.3 is 23.9 Å². The Hall–Kier alpha value is -2.73. The van der Waals surface area contributed by atoms with Crippen molar-refractivity contribution in [1.82, 2.24) is 5.32 Å². The van der Waals surface area contributed by atoms with Gasteiger partial charge in [-0.15, -0.1) is 0 Å². The maximum absolute atomic E-state index is 12.4. The Bertz CT molecular complexity index is 683. The summed E-state index contributed by atoms with van der Waals surface area (Å²) in [6, 6.07) is 0. The van der Waals surface area contributed by atoms with Crippen LogP contribution in [0.4, 0.5) is 0 Å². The second-order valence-corrected chi connectivity index (χ2v) is 7.29. The van der Waals surface area contributed by atoms with E-state index in [0.29, 0.717) is 13.0 Å². The van der Waals surface area contributed by atoms with Crippen LogP contribution in [0.5, 0.6) is 0 Å². The van der Waals surface area contributed by atoms with Gasteiger partial charge in [-0.25, -0.2) is 0 Å². The van der Waals surface area contributed by atoms with Gasteiger partial charge in [-0.1, -0.05) is 6.42 Å². The standard InChI is InChI=1S/C20H32N2O10/c1-11(23)28-10-15-17(29-12(2)24)18(30-13(3)25)19(31-14(4)26)20(32-15)22-16(27)8-6-5-7-9-21/h15,17-20H,5-10,21H2,1-4H3,(H,22,27). The summed E-state index contributed by atoms with van der Waals surface area (Å²) in [7, 11) is 0. The number of esters is 4. The van der Waals surface area contributed by atoms with Crippen molar-refractivity contribution in [3.8, 4) is 0 Å². The van der Waals surface area contributed by atoms with Gasteiger partial charge in [0.05, 0.1) is 0 Å². The number of ether oxygens (including phenoxy) is 5. The van der Waals surface area contributed by atoms with E-state index < -0.39 is 60.4 Å². The van der Waals surface area contributed by atoms with Crippen LogP contribution in [0.15, 0.2) is 0 Å². The van der Waals surface area contributed by atoms with Gasteiger partial charge in [0.25, 0.3) is 0 Å². The van der Waals surface area contributed by atoms with E-state index in [1.807, 2.05) is 0 Å². The lowest BCUT2D eigenvalue weighted by molar-refractivity contribution is -0.257. The van der Waals surface area contributed by atoms with Crippen molar-refractivity contribution in [1.29, 1.82) is 0 Å². The molecular formula is C20H32N2O10. The van der Waals surface area contributed by atoms with Gasteiger partial charge in [0.15, 0.2) is 24.5 Å². The Morgan fingerprint density at radius 3 is 1.88 bits per heavy atom. The van der Waals surface area contributed by atoms with E-state index in [2.05, 4.69) is 5.32 Å². The maximum atomic E-state index is 12.4. The van der Waals surface area contributed by atoms with Crippen LogP contribution < -0.4 is 11.1 Å². The number of hydrogen-bond acceptors (Lipinski definition) is 11. The van der Waals surface area contributed by atoms with Gasteiger partial charge in [-0.05, 0) is 19.4 Å². The molecule has 1 fully saturated rings. The topological polar surface area (TPSA) is 170 Å². The lowest BCUT2D eigenvalue weighted by Crippen LogP contribution is -2.66. The fourth-order valence-corrected chi connectivity index (χ4v) is 3.18. The molecule has 12 heteroatoms. The normalized spacial score (nSPS) is 24.7. The van der Waals surface area contributed by atoms with Gasteiger partial charge in [-0.3, -0.25) is 24.0 Å². The van der Waals surface area contributed by atoms with Crippen molar-refractivity contribution in [2.45, 2.75) is 84.0 Å². The predicted octanol–water partition coefficient (Wildman–Crippen LogP) is -0.295. The number of rotatable bonds is 11. The average molecular weight is 460 g/mol. The van der Waals surface area contributed by atoms with Gasteiger partial charge in [0.2, 0.25) is 5.91 Å². The number of hydrogen-bond donors (Lipinski definition) is 2. The molecule has 1 aliphatic rings. The molecule has 0 aromatic carbocycles. The minimum Gasteiger partial charge on any atom is -0.463 e. The van der Waals surface area contributed by atoms with Crippen LogP contribution in [0.1, 0.15) is 53.4 Å². The summed E-state index contributed by atoms with van der Waals surface area (Å²) in [5.41, 5.74) is 5.44. The highest BCUT2D eigenvalue weighted by Gasteiger charge is 2.52. The highest BCUT2D eigenvalue weighted by atomic mass is 16.7. The molecule has 0 bridgehead atoms. The highest BCUT2D eigenvalue weighted by Crippen LogP contribution is 2.28. The first-order valence-electron chi connectivity index (χ1n) is 10.3. The molecule has 1 saturated heterocycles. The second-order valence-electron chi connectivity index (χ2n) is 7.29. The Kier molecular flexibility index (Phi) is 11.6. The lowest BCUT2D eigenvalue weighted by atomic mass is 9.97. The van der Waals surface area contributed by atoms with Crippen molar-refractivity contribution in [3.63, 3.8) is 0 Å². The molecule has 0 radical (unpaired) electrons. The average Bonchev–Trinajstić information content (AvgIpc) is 2.67. The SMILES string of the molecule is CC(=O)OCC1OC(NC(=O)CCCCCN)C(OC(C)=O)C(OC(C)=O)C1OC(C)=O. The van der Waals surface area contributed by atoms with Crippen LogP contribution in [0.25, 0.3) is 0 Å². The number of unbranched alkanes of at least 4 members (excludes halogenated alkanes) is 2. The Labute approximate surface area is 186 Å². The molecule has 0 aromatic rings. The van der Waals surface area contributed by atoms with Crippen LogP contribution in [0, 0.1) is 0 Å². The summed E-state index contributed by atoms with van der Waals surface area (Å²) in [5.74, 6) is -3.24. The van der Waals surface area contributed by atoms with Crippen LogP contribution >= 0.6 is 0 Å². The summed E-state index contributed by atoms with van der Waals surface area (Å²) in [6.07, 6.45) is -4.01. The van der Waals surface area contributed by atoms with Crippen molar-refractivity contribution in [3.05, 3.63) is 0 Å². The summed E-state index contributed by atoms with van der Waals surface area (Å²) in [6.45, 7) is 4.71. The second kappa shape index (κ2) is 13.6. The van der Waals surface area contributed by atoms with Crippen molar-refractivity contribution in [2.75, 3.05) is 13.2 Å². The van der Waals surface area contributed by atoms with E-state index in [9.17, 15) is 24.0 Å². The third kappa shape index (κ3) is 9.60. The summed E-state index contributed by atoms with van der Waals surface area (Å²) >= 11 is 0. The zero-order valence-electron chi connectivity index (χ0n) is 18.8. The summed E-state index contributed by atoms with van der Waals surface area (Å²) in [4.78, 5) is 58.9. The zero-order chi connectivity index (χ0) is 24.3. The van der Waals surface area contributed by atoms with E-state index >= 15 is 0 Å². The van der Waals surface area contributed by atoms with E-state index in [-0.39, 0.29) is 13.0 Å². The molecule has 1 amide bonds. The maximum Gasteiger partial charge on any atom is 0.303 e. The minimum absolute atomic E-state index is 0.160. The molecular weight excluding hydrogens is 428 g/mol. The first kappa shape index (κ1) is 27.3. The number of carbonyl (C=O) groups is 5. The molecule has 0 aliphatic carbocycles. The van der Waals surface area contributed by atoms with Gasteiger partial charge in [-0.2, -0.15) is 0 Å². The molecule has 1 heterocycles. The third-order valence-electron chi connectivity index (χ3n) is 4.40. The fourth-order valence-electron chi connectivity index (χ4n) is 3.18. The molecule has 182 valence electrons. The van der Waals surface area contributed by atoms with E-state index in [1.54, 1.807) is 0 Å². The van der Waals surface area contributed by atoms with Gasteiger partial charge in [0, 0.05) is 34.1 Å². The summed E-state index contributed by atoms with van der Waals surface area (Å²) < 4.78 is 26.6. The molecule has 5 unspecified atom stereocenters. The number of amides is 1. The quantitative estimate of drug-likeness (QED) is 0.236. The minimum atomic E-state index is -1.32. The number of nitrogens with two attached hydrogens (primary N) is 1. The predicted molar refractivity (Wildman–Crippen MR) is 108 cm³/mol. The number of carbonyl (C=O) groups excluding carboxylic acids is 5. The molecule has 3 N–H and O–H groups in total. The Balaban J connectivity index is 3.18. The Morgan fingerprint density at radius 1 is 0.781 bits per heavy atom. The van der Waals surface area contributed by atoms with Crippen LogP contribution in [0.2, 0.25) is 0 Å². The molecule has 0 saturated carbocycles. The van der Waals surface area contributed by atoms with Crippen molar-refractivity contribution >= 4 is 29.8 Å². The van der Waals surface area contributed by atoms with Crippen LogP contribution in [-0.4, -0.2) is 73.6 Å². The van der Waals surface area contributed by atoms with E-state index in [0.717, 1.165) is 33.6 Å². The van der Waals surface area contributed by atoms with E-state index in [4.69, 9.17) is 29.4 Å².